The van der Waals surface area contributed by atoms with E-state index in [4.69, 9.17) is 0 Å². The Labute approximate surface area is 133 Å². The largest absolute Gasteiger partial charge is 0.416 e. The van der Waals surface area contributed by atoms with E-state index >= 15 is 0 Å². The predicted molar refractivity (Wildman–Crippen MR) is 81.0 cm³/mol. The van der Waals surface area contributed by atoms with Crippen molar-refractivity contribution in [2.24, 2.45) is 0 Å². The van der Waals surface area contributed by atoms with Crippen molar-refractivity contribution >= 4 is 5.65 Å². The van der Waals surface area contributed by atoms with Crippen LogP contribution in [0.4, 0.5) is 13.2 Å². The maximum atomic E-state index is 12.7. The fourth-order valence-corrected chi connectivity index (χ4v) is 2.48. The van der Waals surface area contributed by atoms with Crippen molar-refractivity contribution in [2.45, 2.75) is 6.18 Å². The predicted octanol–water partition coefficient (Wildman–Crippen LogP) is 3.81. The second-order valence-electron chi connectivity index (χ2n) is 5.18. The van der Waals surface area contributed by atoms with Crippen LogP contribution in [0.25, 0.3) is 28.3 Å². The van der Waals surface area contributed by atoms with Crippen molar-refractivity contribution in [2.75, 3.05) is 0 Å². The van der Waals surface area contributed by atoms with Gasteiger partial charge in [0.25, 0.3) is 0 Å². The summed E-state index contributed by atoms with van der Waals surface area (Å²) in [6.07, 6.45) is 2.36. The third-order valence-electron chi connectivity index (χ3n) is 3.65. The highest BCUT2D eigenvalue weighted by atomic mass is 19.4. The van der Waals surface area contributed by atoms with Gasteiger partial charge in [-0.25, -0.2) is 9.97 Å². The van der Waals surface area contributed by atoms with E-state index in [1.54, 1.807) is 35.3 Å². The molecular formula is C16H10F3N5. The van der Waals surface area contributed by atoms with Gasteiger partial charge in [-0.2, -0.15) is 18.3 Å². The second-order valence-corrected chi connectivity index (χ2v) is 5.18. The quantitative estimate of drug-likeness (QED) is 0.608. The molecule has 3 heterocycles. The molecule has 0 atom stereocenters. The summed E-state index contributed by atoms with van der Waals surface area (Å²) in [6, 6.07) is 6.63. The lowest BCUT2D eigenvalue weighted by molar-refractivity contribution is -0.137. The first-order chi connectivity index (χ1) is 11.5. The number of halogens is 3. The van der Waals surface area contributed by atoms with Crippen LogP contribution in [-0.4, -0.2) is 24.6 Å². The number of fused-ring (bicyclic) bond motifs is 1. The van der Waals surface area contributed by atoms with Crippen molar-refractivity contribution in [3.05, 3.63) is 60.7 Å². The molecule has 1 N–H and O–H groups in total. The molecule has 1 aromatic carbocycles. The van der Waals surface area contributed by atoms with Gasteiger partial charge in [-0.05, 0) is 12.1 Å². The van der Waals surface area contributed by atoms with Crippen LogP contribution in [0.2, 0.25) is 0 Å². The number of rotatable bonds is 2. The Morgan fingerprint density at radius 2 is 1.83 bits per heavy atom. The number of hydrogen-bond donors (Lipinski definition) is 1. The highest BCUT2D eigenvalue weighted by Gasteiger charge is 2.30. The minimum Gasteiger partial charge on any atom is -0.285 e. The molecule has 0 aliphatic rings. The molecule has 0 bridgehead atoms. The molecule has 0 amide bonds. The van der Waals surface area contributed by atoms with Gasteiger partial charge >= 0.3 is 6.18 Å². The topological polar surface area (TPSA) is 58.9 Å². The Hall–Kier alpha value is -3.16. The molecule has 4 rings (SSSR count). The number of imidazole rings is 1. The highest BCUT2D eigenvalue weighted by Crippen LogP contribution is 2.31. The van der Waals surface area contributed by atoms with Crippen LogP contribution in [0, 0.1) is 0 Å². The third-order valence-corrected chi connectivity index (χ3v) is 3.65. The van der Waals surface area contributed by atoms with Crippen LogP contribution >= 0.6 is 0 Å². The van der Waals surface area contributed by atoms with E-state index in [2.05, 4.69) is 20.2 Å². The van der Waals surface area contributed by atoms with Crippen LogP contribution < -0.4 is 0 Å². The summed E-state index contributed by atoms with van der Waals surface area (Å²) in [5.74, 6) is 0.605. The van der Waals surface area contributed by atoms with Gasteiger partial charge in [-0.1, -0.05) is 12.1 Å². The zero-order valence-electron chi connectivity index (χ0n) is 12.1. The SMILES string of the molecule is FC(F)(F)c1ccc(-c2cc3nccn3c(-c3cn[nH]c3)n2)cc1. The van der Waals surface area contributed by atoms with Crippen molar-refractivity contribution in [1.29, 1.82) is 0 Å². The molecule has 0 saturated carbocycles. The molecule has 0 aliphatic carbocycles. The molecule has 0 fully saturated rings. The van der Waals surface area contributed by atoms with E-state index in [0.29, 0.717) is 22.7 Å². The lowest BCUT2D eigenvalue weighted by Crippen LogP contribution is -2.04. The van der Waals surface area contributed by atoms with Crippen molar-refractivity contribution in [3.63, 3.8) is 0 Å². The van der Waals surface area contributed by atoms with Gasteiger partial charge in [-0.15, -0.1) is 0 Å². The standard InChI is InChI=1S/C16H10F3N5/c17-16(18,19)12-3-1-10(2-4-12)13-7-14-20-5-6-24(14)15(23-13)11-8-21-22-9-11/h1-9H,(H,21,22). The Kier molecular flexibility index (Phi) is 3.12. The number of benzene rings is 1. The molecule has 8 heteroatoms. The first kappa shape index (κ1) is 14.4. The summed E-state index contributed by atoms with van der Waals surface area (Å²) < 4.78 is 39.9. The number of H-pyrrole nitrogens is 1. The minimum absolute atomic E-state index is 0.540. The molecule has 24 heavy (non-hydrogen) atoms. The average Bonchev–Trinajstić information content (AvgIpc) is 3.24. The van der Waals surface area contributed by atoms with Gasteiger partial charge in [0.15, 0.2) is 0 Å². The molecule has 120 valence electrons. The third kappa shape index (κ3) is 2.41. The Morgan fingerprint density at radius 1 is 1.04 bits per heavy atom. The zero-order valence-corrected chi connectivity index (χ0v) is 12.1. The van der Waals surface area contributed by atoms with E-state index in [9.17, 15) is 13.2 Å². The molecule has 0 aliphatic heterocycles. The van der Waals surface area contributed by atoms with Crippen LogP contribution in [0.5, 0.6) is 0 Å². The van der Waals surface area contributed by atoms with Gasteiger partial charge in [0.2, 0.25) is 0 Å². The Morgan fingerprint density at radius 3 is 2.50 bits per heavy atom. The van der Waals surface area contributed by atoms with Gasteiger partial charge in [0, 0.05) is 30.2 Å². The van der Waals surface area contributed by atoms with E-state index in [-0.39, 0.29) is 0 Å². The smallest absolute Gasteiger partial charge is 0.285 e. The van der Waals surface area contributed by atoms with Crippen LogP contribution in [-0.2, 0) is 6.18 Å². The number of nitrogens with one attached hydrogen (secondary N) is 1. The molecule has 0 radical (unpaired) electrons. The normalized spacial score (nSPS) is 12.0. The van der Waals surface area contributed by atoms with Crippen molar-refractivity contribution < 1.29 is 13.2 Å². The summed E-state index contributed by atoms with van der Waals surface area (Å²) in [5.41, 5.74) is 1.84. The number of aromatic nitrogens is 5. The van der Waals surface area contributed by atoms with Crippen LogP contribution in [0.1, 0.15) is 5.56 Å². The summed E-state index contributed by atoms with van der Waals surface area (Å²) in [5, 5.41) is 6.63. The Bertz CT molecular complexity index is 985. The number of aromatic amines is 1. The van der Waals surface area contributed by atoms with Crippen molar-refractivity contribution in [3.8, 4) is 22.6 Å². The molecule has 0 saturated heterocycles. The zero-order chi connectivity index (χ0) is 16.7. The first-order valence-electron chi connectivity index (χ1n) is 7.03. The fraction of sp³-hybridized carbons (Fsp3) is 0.0625. The maximum absolute atomic E-state index is 12.7. The van der Waals surface area contributed by atoms with Gasteiger partial charge in [0.1, 0.15) is 11.5 Å². The number of alkyl halides is 3. The summed E-state index contributed by atoms with van der Waals surface area (Å²) in [4.78, 5) is 8.80. The number of hydrogen-bond acceptors (Lipinski definition) is 3. The van der Waals surface area contributed by atoms with E-state index in [1.807, 2.05) is 0 Å². The Balaban J connectivity index is 1.85. The van der Waals surface area contributed by atoms with E-state index < -0.39 is 11.7 Å². The lowest BCUT2D eigenvalue weighted by Gasteiger charge is -2.09. The van der Waals surface area contributed by atoms with E-state index in [0.717, 1.165) is 17.7 Å². The first-order valence-corrected chi connectivity index (χ1v) is 7.03. The molecule has 5 nitrogen and oxygen atoms in total. The molecule has 4 aromatic rings. The molecular weight excluding hydrogens is 319 g/mol. The van der Waals surface area contributed by atoms with Gasteiger partial charge < -0.3 is 0 Å². The number of nitrogens with zero attached hydrogens (tertiary/aromatic N) is 4. The summed E-state index contributed by atoms with van der Waals surface area (Å²) in [7, 11) is 0. The monoisotopic (exact) mass is 329 g/mol. The minimum atomic E-state index is -4.36. The van der Waals surface area contributed by atoms with Crippen molar-refractivity contribution in [1.82, 2.24) is 24.6 Å². The van der Waals surface area contributed by atoms with Crippen LogP contribution in [0.15, 0.2) is 55.1 Å². The van der Waals surface area contributed by atoms with Crippen LogP contribution in [0.3, 0.4) is 0 Å². The maximum Gasteiger partial charge on any atom is 0.416 e. The van der Waals surface area contributed by atoms with Gasteiger partial charge in [0.05, 0.1) is 23.0 Å². The fourth-order valence-electron chi connectivity index (χ4n) is 2.48. The van der Waals surface area contributed by atoms with E-state index in [1.165, 1.54) is 12.1 Å². The molecule has 3 aromatic heterocycles. The highest BCUT2D eigenvalue weighted by molar-refractivity contribution is 5.69. The second kappa shape index (κ2) is 5.19. The molecule has 0 spiro atoms. The summed E-state index contributed by atoms with van der Waals surface area (Å²) in [6.45, 7) is 0. The molecule has 0 unspecified atom stereocenters. The summed E-state index contributed by atoms with van der Waals surface area (Å²) >= 11 is 0. The average molecular weight is 329 g/mol. The van der Waals surface area contributed by atoms with Gasteiger partial charge in [-0.3, -0.25) is 9.50 Å². The lowest BCUT2D eigenvalue weighted by atomic mass is 10.1.